The lowest BCUT2D eigenvalue weighted by Crippen LogP contribution is -2.35. The van der Waals surface area contributed by atoms with Crippen LogP contribution in [-0.2, 0) is 5.54 Å². The quantitative estimate of drug-likeness (QED) is 0.792. The van der Waals surface area contributed by atoms with Crippen LogP contribution in [0.2, 0.25) is 0 Å². The largest absolute Gasteiger partial charge is 0.319 e. The minimum Gasteiger partial charge on any atom is -0.319 e. The van der Waals surface area contributed by atoms with Crippen molar-refractivity contribution in [2.45, 2.75) is 44.1 Å². The Morgan fingerprint density at radius 1 is 1.17 bits per heavy atom. The Bertz CT molecular complexity index is 556. The van der Waals surface area contributed by atoms with Crippen LogP contribution in [0, 0.1) is 5.82 Å². The van der Waals surface area contributed by atoms with Gasteiger partial charge in [-0.25, -0.2) is 9.37 Å². The number of hydrogen-bond acceptors (Lipinski definition) is 3. The normalized spacial score (nSPS) is 19.9. The van der Waals surface area contributed by atoms with Gasteiger partial charge in [0.15, 0.2) is 0 Å². The first kappa shape index (κ1) is 12.1. The number of aromatic nitrogens is 1. The van der Waals surface area contributed by atoms with E-state index in [0.717, 1.165) is 28.1 Å². The summed E-state index contributed by atoms with van der Waals surface area (Å²) in [5, 5.41) is 0.977. The molecule has 4 heteroatoms. The second-order valence-corrected chi connectivity index (χ2v) is 6.23. The van der Waals surface area contributed by atoms with Crippen molar-refractivity contribution in [3.05, 3.63) is 29.0 Å². The number of hydrogen-bond donors (Lipinski definition) is 1. The van der Waals surface area contributed by atoms with Crippen LogP contribution in [0.1, 0.15) is 43.5 Å². The van der Waals surface area contributed by atoms with E-state index in [4.69, 9.17) is 5.73 Å². The number of nitrogens with zero attached hydrogens (tertiary/aromatic N) is 1. The topological polar surface area (TPSA) is 38.9 Å². The van der Waals surface area contributed by atoms with E-state index in [-0.39, 0.29) is 11.4 Å². The molecule has 96 valence electrons. The van der Waals surface area contributed by atoms with Crippen LogP contribution in [-0.4, -0.2) is 4.98 Å². The highest BCUT2D eigenvalue weighted by Crippen LogP contribution is 2.37. The van der Waals surface area contributed by atoms with Crippen molar-refractivity contribution in [2.24, 2.45) is 5.73 Å². The summed E-state index contributed by atoms with van der Waals surface area (Å²) in [5.74, 6) is -0.230. The van der Waals surface area contributed by atoms with E-state index in [1.165, 1.54) is 37.8 Å². The Kier molecular flexibility index (Phi) is 3.08. The third-order valence-electron chi connectivity index (χ3n) is 3.77. The highest BCUT2D eigenvalue weighted by molar-refractivity contribution is 7.18. The Balaban J connectivity index is 2.02. The van der Waals surface area contributed by atoms with Gasteiger partial charge in [0.25, 0.3) is 0 Å². The molecule has 1 saturated carbocycles. The number of rotatable bonds is 1. The van der Waals surface area contributed by atoms with Crippen LogP contribution >= 0.6 is 11.3 Å². The zero-order chi connectivity index (χ0) is 12.6. The predicted molar refractivity (Wildman–Crippen MR) is 73.1 cm³/mol. The van der Waals surface area contributed by atoms with E-state index in [1.54, 1.807) is 17.4 Å². The molecule has 1 aromatic heterocycles. The fourth-order valence-corrected chi connectivity index (χ4v) is 3.79. The molecule has 1 aromatic carbocycles. The highest BCUT2D eigenvalue weighted by Gasteiger charge is 2.31. The minimum atomic E-state index is -0.295. The maximum Gasteiger partial charge on any atom is 0.125 e. The van der Waals surface area contributed by atoms with Gasteiger partial charge < -0.3 is 5.73 Å². The highest BCUT2D eigenvalue weighted by atomic mass is 32.1. The molecule has 1 heterocycles. The number of benzene rings is 1. The maximum atomic E-state index is 13.2. The second-order valence-electron chi connectivity index (χ2n) is 5.20. The van der Waals surface area contributed by atoms with Crippen LogP contribution < -0.4 is 5.73 Å². The molecule has 2 aromatic rings. The standard InChI is InChI=1S/C14H17FN2S/c15-10-5-6-12-11(9-10)17-13(18-12)14(16)7-3-1-2-4-8-14/h5-6,9H,1-4,7-8,16H2. The second kappa shape index (κ2) is 4.59. The Morgan fingerprint density at radius 3 is 2.61 bits per heavy atom. The number of thiazole rings is 1. The van der Waals surface area contributed by atoms with Crippen molar-refractivity contribution >= 4 is 21.6 Å². The first-order valence-electron chi connectivity index (χ1n) is 6.53. The number of halogens is 1. The molecular weight excluding hydrogens is 247 g/mol. The van der Waals surface area contributed by atoms with Gasteiger partial charge in [0.1, 0.15) is 10.8 Å². The molecule has 0 spiro atoms. The van der Waals surface area contributed by atoms with Crippen LogP contribution in [0.5, 0.6) is 0 Å². The molecule has 1 aliphatic carbocycles. The zero-order valence-electron chi connectivity index (χ0n) is 10.3. The minimum absolute atomic E-state index is 0.230. The Morgan fingerprint density at radius 2 is 1.89 bits per heavy atom. The van der Waals surface area contributed by atoms with Gasteiger partial charge in [-0.05, 0) is 25.0 Å². The summed E-state index contributed by atoms with van der Waals surface area (Å²) in [4.78, 5) is 4.56. The summed E-state index contributed by atoms with van der Waals surface area (Å²) in [7, 11) is 0. The lowest BCUT2D eigenvalue weighted by Gasteiger charge is -2.25. The maximum absolute atomic E-state index is 13.2. The first-order valence-corrected chi connectivity index (χ1v) is 7.34. The van der Waals surface area contributed by atoms with Gasteiger partial charge >= 0.3 is 0 Å². The molecule has 2 nitrogen and oxygen atoms in total. The van der Waals surface area contributed by atoms with E-state index >= 15 is 0 Å². The summed E-state index contributed by atoms with van der Waals surface area (Å²) in [6.07, 6.45) is 6.85. The van der Waals surface area contributed by atoms with Crippen molar-refractivity contribution in [3.63, 3.8) is 0 Å². The van der Waals surface area contributed by atoms with Gasteiger partial charge in [-0.3, -0.25) is 0 Å². The van der Waals surface area contributed by atoms with E-state index in [2.05, 4.69) is 4.98 Å². The smallest absolute Gasteiger partial charge is 0.125 e. The van der Waals surface area contributed by atoms with E-state index in [9.17, 15) is 4.39 Å². The van der Waals surface area contributed by atoms with E-state index in [1.807, 2.05) is 0 Å². The van der Waals surface area contributed by atoms with Gasteiger partial charge in [0, 0.05) is 6.07 Å². The van der Waals surface area contributed by atoms with Crippen LogP contribution in [0.15, 0.2) is 18.2 Å². The molecule has 1 fully saturated rings. The van der Waals surface area contributed by atoms with E-state index in [0.29, 0.717) is 0 Å². The van der Waals surface area contributed by atoms with Gasteiger partial charge in [0.05, 0.1) is 15.8 Å². The molecule has 0 saturated heterocycles. The Hall–Kier alpha value is -1.00. The molecule has 18 heavy (non-hydrogen) atoms. The van der Waals surface area contributed by atoms with Gasteiger partial charge in [-0.1, -0.05) is 25.7 Å². The predicted octanol–water partition coefficient (Wildman–Crippen LogP) is 3.94. The average molecular weight is 264 g/mol. The molecule has 0 radical (unpaired) electrons. The summed E-state index contributed by atoms with van der Waals surface area (Å²) < 4.78 is 14.2. The lowest BCUT2D eigenvalue weighted by atomic mass is 9.92. The molecule has 0 aliphatic heterocycles. The van der Waals surface area contributed by atoms with Crippen molar-refractivity contribution in [3.8, 4) is 0 Å². The summed E-state index contributed by atoms with van der Waals surface area (Å²) in [5.41, 5.74) is 6.98. The van der Waals surface area contributed by atoms with Crippen LogP contribution in [0.3, 0.4) is 0 Å². The number of nitrogens with two attached hydrogens (primary N) is 1. The monoisotopic (exact) mass is 264 g/mol. The fourth-order valence-electron chi connectivity index (χ4n) is 2.69. The van der Waals surface area contributed by atoms with Crippen LogP contribution in [0.25, 0.3) is 10.2 Å². The first-order chi connectivity index (χ1) is 8.67. The van der Waals surface area contributed by atoms with Crippen molar-refractivity contribution in [2.75, 3.05) is 0 Å². The zero-order valence-corrected chi connectivity index (χ0v) is 11.1. The average Bonchev–Trinajstić information content (AvgIpc) is 2.65. The summed E-state index contributed by atoms with van der Waals surface area (Å²) in [6, 6.07) is 4.78. The molecule has 0 atom stereocenters. The van der Waals surface area contributed by atoms with Crippen molar-refractivity contribution < 1.29 is 4.39 Å². The van der Waals surface area contributed by atoms with Crippen molar-refractivity contribution in [1.82, 2.24) is 4.98 Å². The summed E-state index contributed by atoms with van der Waals surface area (Å²) >= 11 is 1.62. The van der Waals surface area contributed by atoms with Crippen molar-refractivity contribution in [1.29, 1.82) is 0 Å². The van der Waals surface area contributed by atoms with Gasteiger partial charge in [-0.15, -0.1) is 11.3 Å². The Labute approximate surface area is 110 Å². The molecular formula is C14H17FN2S. The van der Waals surface area contributed by atoms with Gasteiger partial charge in [-0.2, -0.15) is 0 Å². The van der Waals surface area contributed by atoms with E-state index < -0.39 is 0 Å². The SMILES string of the molecule is NC1(c2nc3cc(F)ccc3s2)CCCCCC1. The fraction of sp³-hybridized carbons (Fsp3) is 0.500. The molecule has 0 amide bonds. The molecule has 1 aliphatic rings. The lowest BCUT2D eigenvalue weighted by molar-refractivity contribution is 0.384. The number of fused-ring (bicyclic) bond motifs is 1. The molecule has 0 bridgehead atoms. The summed E-state index contributed by atoms with van der Waals surface area (Å²) in [6.45, 7) is 0. The molecule has 3 rings (SSSR count). The molecule has 2 N–H and O–H groups in total. The third kappa shape index (κ3) is 2.15. The van der Waals surface area contributed by atoms with Crippen LogP contribution in [0.4, 0.5) is 4.39 Å². The molecule has 0 unspecified atom stereocenters. The van der Waals surface area contributed by atoms with Gasteiger partial charge in [0.2, 0.25) is 0 Å². The third-order valence-corrected chi connectivity index (χ3v) is 5.03.